The number of alkyl halides is 2. The zero-order valence-corrected chi connectivity index (χ0v) is 24.2. The van der Waals surface area contributed by atoms with Gasteiger partial charge in [-0.15, -0.1) is 22.7 Å². The molecular formula is C22H18Br4N2S2. The van der Waals surface area contributed by atoms with Crippen LogP contribution in [0.2, 0.25) is 0 Å². The Morgan fingerprint density at radius 1 is 0.767 bits per heavy atom. The van der Waals surface area contributed by atoms with Crippen molar-refractivity contribution in [2.75, 3.05) is 0 Å². The first-order chi connectivity index (χ1) is 14.4. The number of nitrogens with zero attached hydrogens (tertiary/aromatic N) is 2. The van der Waals surface area contributed by atoms with Crippen molar-refractivity contribution in [3.05, 3.63) is 77.2 Å². The van der Waals surface area contributed by atoms with Crippen molar-refractivity contribution >= 4 is 86.4 Å². The van der Waals surface area contributed by atoms with Crippen LogP contribution in [0.1, 0.15) is 21.1 Å². The Morgan fingerprint density at radius 3 is 1.93 bits per heavy atom. The van der Waals surface area contributed by atoms with Gasteiger partial charge in [0.15, 0.2) is 0 Å². The Balaban J connectivity index is 0.000000171. The molecule has 2 aromatic carbocycles. The topological polar surface area (TPSA) is 25.8 Å². The van der Waals surface area contributed by atoms with Crippen molar-refractivity contribution in [2.45, 2.75) is 24.5 Å². The number of rotatable bonds is 4. The summed E-state index contributed by atoms with van der Waals surface area (Å²) in [4.78, 5) is 9.15. The molecule has 2 aromatic heterocycles. The van der Waals surface area contributed by atoms with E-state index in [0.717, 1.165) is 39.6 Å². The first-order valence-electron chi connectivity index (χ1n) is 8.98. The van der Waals surface area contributed by atoms with Crippen molar-refractivity contribution in [1.82, 2.24) is 9.97 Å². The Morgan fingerprint density at radius 2 is 1.37 bits per heavy atom. The lowest BCUT2D eigenvalue weighted by atomic mass is 10.1. The smallest absolute Gasteiger partial charge is 0.105 e. The van der Waals surface area contributed by atoms with Crippen LogP contribution in [-0.4, -0.2) is 9.97 Å². The molecule has 0 unspecified atom stereocenters. The minimum atomic E-state index is 0.808. The van der Waals surface area contributed by atoms with Crippen molar-refractivity contribution < 1.29 is 0 Å². The van der Waals surface area contributed by atoms with Crippen LogP contribution in [-0.2, 0) is 10.7 Å². The number of hydrogen-bond acceptors (Lipinski definition) is 4. The third kappa shape index (κ3) is 6.11. The second-order valence-electron chi connectivity index (χ2n) is 6.41. The van der Waals surface area contributed by atoms with Crippen molar-refractivity contribution in [3.8, 4) is 22.5 Å². The molecule has 0 aliphatic rings. The Labute approximate surface area is 218 Å². The first kappa shape index (κ1) is 24.3. The third-order valence-corrected chi connectivity index (χ3v) is 9.40. The quantitative estimate of drug-likeness (QED) is 0.199. The molecule has 0 saturated heterocycles. The first-order valence-corrected chi connectivity index (χ1v) is 14.4. The van der Waals surface area contributed by atoms with E-state index in [2.05, 4.69) is 124 Å². The molecule has 0 amide bonds. The number of benzene rings is 2. The summed E-state index contributed by atoms with van der Waals surface area (Å²) >= 11 is 17.3. The van der Waals surface area contributed by atoms with Gasteiger partial charge in [0.25, 0.3) is 0 Å². The highest BCUT2D eigenvalue weighted by atomic mass is 79.9. The molecule has 0 aliphatic heterocycles. The van der Waals surface area contributed by atoms with Crippen LogP contribution in [0.4, 0.5) is 0 Å². The fourth-order valence-corrected chi connectivity index (χ4v) is 6.76. The van der Waals surface area contributed by atoms with Crippen molar-refractivity contribution in [1.29, 1.82) is 0 Å². The third-order valence-electron chi connectivity index (χ3n) is 4.18. The van der Waals surface area contributed by atoms with E-state index < -0.39 is 0 Å². The maximum atomic E-state index is 4.58. The van der Waals surface area contributed by atoms with Crippen LogP contribution in [0.5, 0.6) is 0 Å². The number of hydrogen-bond donors (Lipinski definition) is 0. The minimum Gasteiger partial charge on any atom is -0.239 e. The van der Waals surface area contributed by atoms with Gasteiger partial charge in [0, 0.05) is 11.1 Å². The van der Waals surface area contributed by atoms with Gasteiger partial charge in [-0.2, -0.15) is 0 Å². The Bertz CT molecular complexity index is 1140. The average molecular weight is 694 g/mol. The highest BCUT2D eigenvalue weighted by molar-refractivity contribution is 9.11. The van der Waals surface area contributed by atoms with Gasteiger partial charge in [0.2, 0.25) is 0 Å². The maximum absolute atomic E-state index is 4.58. The van der Waals surface area contributed by atoms with Crippen LogP contribution in [0, 0.1) is 13.8 Å². The van der Waals surface area contributed by atoms with E-state index >= 15 is 0 Å². The summed E-state index contributed by atoms with van der Waals surface area (Å²) in [7, 11) is 0. The molecule has 0 radical (unpaired) electrons. The van der Waals surface area contributed by atoms with Gasteiger partial charge in [0.05, 0.1) is 29.6 Å². The predicted molar refractivity (Wildman–Crippen MR) is 145 cm³/mol. The van der Waals surface area contributed by atoms with Gasteiger partial charge in [-0.05, 0) is 57.3 Å². The second kappa shape index (κ2) is 11.5. The van der Waals surface area contributed by atoms with Crippen LogP contribution in [0.25, 0.3) is 22.5 Å². The van der Waals surface area contributed by atoms with Crippen LogP contribution in [0.15, 0.2) is 56.1 Å². The molecule has 0 saturated carbocycles. The summed E-state index contributed by atoms with van der Waals surface area (Å²) in [6.45, 7) is 4.20. The molecule has 2 heterocycles. The standard InChI is InChI=1S/2C11H9Br2NS/c1-7-3-2-4-8(5-7)10-11(13)15-9(6-12)14-10;1-7-4-2-3-5-8(7)10-11(13)15-9(6-12)14-10/h2*2-5H,6H2,1H3. The molecule has 156 valence electrons. The van der Waals surface area contributed by atoms with Crippen LogP contribution < -0.4 is 0 Å². The molecule has 4 rings (SSSR count). The number of aromatic nitrogens is 2. The zero-order chi connectivity index (χ0) is 21.7. The largest absolute Gasteiger partial charge is 0.239 e. The maximum Gasteiger partial charge on any atom is 0.105 e. The van der Waals surface area contributed by atoms with E-state index in [0.29, 0.717) is 0 Å². The van der Waals surface area contributed by atoms with Crippen molar-refractivity contribution in [2.24, 2.45) is 0 Å². The summed E-state index contributed by atoms with van der Waals surface area (Å²) in [5, 5.41) is 3.81. The number of thiazole rings is 2. The van der Waals surface area contributed by atoms with Gasteiger partial charge >= 0.3 is 0 Å². The summed E-state index contributed by atoms with van der Waals surface area (Å²) in [6.07, 6.45) is 0. The van der Waals surface area contributed by atoms with E-state index in [9.17, 15) is 0 Å². The van der Waals surface area contributed by atoms with Crippen LogP contribution >= 0.6 is 86.4 Å². The van der Waals surface area contributed by atoms with Crippen LogP contribution in [0.3, 0.4) is 0 Å². The van der Waals surface area contributed by atoms with Gasteiger partial charge in [0.1, 0.15) is 10.0 Å². The highest BCUT2D eigenvalue weighted by Gasteiger charge is 2.12. The second-order valence-corrected chi connectivity index (χ2v) is 12.3. The SMILES string of the molecule is Cc1cccc(-c2nc(CBr)sc2Br)c1.Cc1ccccc1-c1nc(CBr)sc1Br. The minimum absolute atomic E-state index is 0.808. The lowest BCUT2D eigenvalue weighted by Crippen LogP contribution is -1.84. The van der Waals surface area contributed by atoms with E-state index in [4.69, 9.17) is 0 Å². The fourth-order valence-electron chi connectivity index (χ4n) is 2.78. The predicted octanol–water partition coefficient (Wildman–Crippen LogP) is 9.55. The zero-order valence-electron chi connectivity index (χ0n) is 16.3. The molecule has 30 heavy (non-hydrogen) atoms. The molecular weight excluding hydrogens is 676 g/mol. The van der Waals surface area contributed by atoms with E-state index in [1.807, 2.05) is 12.1 Å². The van der Waals surface area contributed by atoms with Gasteiger partial charge in [-0.25, -0.2) is 9.97 Å². The summed E-state index contributed by atoms with van der Waals surface area (Å²) in [6, 6.07) is 16.7. The lowest BCUT2D eigenvalue weighted by Gasteiger charge is -2.01. The lowest BCUT2D eigenvalue weighted by molar-refractivity contribution is 1.27. The van der Waals surface area contributed by atoms with E-state index in [1.165, 1.54) is 22.3 Å². The molecule has 0 bridgehead atoms. The van der Waals surface area contributed by atoms with Gasteiger partial charge in [-0.3, -0.25) is 0 Å². The molecule has 0 N–H and O–H groups in total. The molecule has 8 heteroatoms. The van der Waals surface area contributed by atoms with Gasteiger partial charge < -0.3 is 0 Å². The number of aryl methyl sites for hydroxylation is 2. The molecule has 0 aliphatic carbocycles. The normalized spacial score (nSPS) is 10.6. The molecule has 0 spiro atoms. The molecule has 4 aromatic rings. The molecule has 2 nitrogen and oxygen atoms in total. The summed E-state index contributed by atoms with van der Waals surface area (Å²) in [5.74, 6) is 0. The van der Waals surface area contributed by atoms with E-state index in [-0.39, 0.29) is 0 Å². The molecule has 0 atom stereocenters. The monoisotopic (exact) mass is 690 g/mol. The van der Waals surface area contributed by atoms with Crippen molar-refractivity contribution in [3.63, 3.8) is 0 Å². The highest BCUT2D eigenvalue weighted by Crippen LogP contribution is 2.35. The summed E-state index contributed by atoms with van der Waals surface area (Å²) < 4.78 is 2.20. The number of halogens is 4. The van der Waals surface area contributed by atoms with Gasteiger partial charge in [-0.1, -0.05) is 79.9 Å². The fraction of sp³-hybridized carbons (Fsp3) is 0.182. The average Bonchev–Trinajstić information content (AvgIpc) is 3.31. The summed E-state index contributed by atoms with van der Waals surface area (Å²) in [5.41, 5.74) is 6.97. The molecule has 0 fully saturated rings. The van der Waals surface area contributed by atoms with E-state index in [1.54, 1.807) is 22.7 Å². The Hall–Kier alpha value is -0.380. The Kier molecular flexibility index (Phi) is 9.28.